The van der Waals surface area contributed by atoms with Crippen LogP contribution in [-0.4, -0.2) is 22.2 Å². The van der Waals surface area contributed by atoms with Crippen LogP contribution < -0.4 is 5.46 Å². The van der Waals surface area contributed by atoms with Crippen molar-refractivity contribution in [3.8, 4) is 0 Å². The highest BCUT2D eigenvalue weighted by molar-refractivity contribution is 6.58. The Kier molecular flexibility index (Phi) is 4.62. The lowest BCUT2D eigenvalue weighted by molar-refractivity contribution is 0.331. The lowest BCUT2D eigenvalue weighted by atomic mass is 9.62. The molecule has 26 heavy (non-hydrogen) atoms. The number of benzene rings is 1. The zero-order chi connectivity index (χ0) is 19.3. The lowest BCUT2D eigenvalue weighted by Crippen LogP contribution is -2.34. The number of aryl methyl sites for hydroxylation is 1. The van der Waals surface area contributed by atoms with Crippen LogP contribution in [0.25, 0.3) is 5.57 Å². The first kappa shape index (κ1) is 18.9. The highest BCUT2D eigenvalue weighted by Crippen LogP contribution is 2.47. The Morgan fingerprint density at radius 3 is 2.12 bits per heavy atom. The van der Waals surface area contributed by atoms with Crippen molar-refractivity contribution in [3.05, 3.63) is 65.0 Å². The first-order valence-electron chi connectivity index (χ1n) is 9.20. The van der Waals surface area contributed by atoms with Gasteiger partial charge in [0, 0.05) is 17.2 Å². The maximum atomic E-state index is 9.25. The number of hydrogen-bond acceptors (Lipinski definition) is 3. The molecule has 2 N–H and O–H groups in total. The van der Waals surface area contributed by atoms with Crippen molar-refractivity contribution >= 4 is 18.2 Å². The molecule has 1 aliphatic carbocycles. The van der Waals surface area contributed by atoms with E-state index in [9.17, 15) is 10.0 Å². The van der Waals surface area contributed by atoms with E-state index in [-0.39, 0.29) is 10.8 Å². The van der Waals surface area contributed by atoms with Crippen LogP contribution in [-0.2, 0) is 10.8 Å². The molecule has 0 spiro atoms. The normalized spacial score (nSPS) is 17.5. The van der Waals surface area contributed by atoms with E-state index in [1.165, 1.54) is 35.7 Å². The van der Waals surface area contributed by atoms with E-state index in [0.717, 1.165) is 16.8 Å². The molecule has 1 aromatic heterocycles. The monoisotopic (exact) mass is 349 g/mol. The minimum atomic E-state index is -1.50. The maximum Gasteiger partial charge on any atom is 0.490 e. The van der Waals surface area contributed by atoms with Crippen molar-refractivity contribution in [2.75, 3.05) is 0 Å². The molecule has 1 heterocycles. The summed E-state index contributed by atoms with van der Waals surface area (Å²) in [5.41, 5.74) is 7.48. The molecule has 0 bridgehead atoms. The van der Waals surface area contributed by atoms with Crippen LogP contribution in [0.5, 0.6) is 0 Å². The summed E-state index contributed by atoms with van der Waals surface area (Å²) < 4.78 is 0. The molecule has 0 amide bonds. The van der Waals surface area contributed by atoms with Crippen LogP contribution in [0.15, 0.2) is 37.0 Å². The second-order valence-corrected chi connectivity index (χ2v) is 8.81. The van der Waals surface area contributed by atoms with Gasteiger partial charge in [0.25, 0.3) is 0 Å². The highest BCUT2D eigenvalue weighted by Gasteiger charge is 2.37. The van der Waals surface area contributed by atoms with Gasteiger partial charge in [-0.3, -0.25) is 4.98 Å². The molecule has 0 aliphatic heterocycles. The average molecular weight is 349 g/mol. The second-order valence-electron chi connectivity index (χ2n) is 8.81. The summed E-state index contributed by atoms with van der Waals surface area (Å²) in [6, 6.07) is 8.09. The fourth-order valence-electron chi connectivity index (χ4n) is 3.92. The van der Waals surface area contributed by atoms with E-state index in [1.54, 1.807) is 12.1 Å². The van der Waals surface area contributed by atoms with Gasteiger partial charge in [-0.05, 0) is 65.0 Å². The first-order chi connectivity index (χ1) is 12.0. The van der Waals surface area contributed by atoms with Crippen LogP contribution in [0.1, 0.15) is 68.5 Å². The van der Waals surface area contributed by atoms with Gasteiger partial charge in [0.15, 0.2) is 0 Å². The number of rotatable bonds is 3. The van der Waals surface area contributed by atoms with Crippen molar-refractivity contribution in [2.24, 2.45) is 0 Å². The molecule has 136 valence electrons. The molecule has 0 atom stereocenters. The Balaban J connectivity index is 2.07. The summed E-state index contributed by atoms with van der Waals surface area (Å²) in [4.78, 5) is 4.37. The number of nitrogens with zero attached hydrogens (tertiary/aromatic N) is 1. The SMILES string of the molecule is C=C(c1ccc(B(O)O)cn1)c1cc2c(cc1C)C(C)(C)CCC2(C)C. The summed E-state index contributed by atoms with van der Waals surface area (Å²) in [6.07, 6.45) is 3.86. The van der Waals surface area contributed by atoms with E-state index in [1.807, 2.05) is 0 Å². The number of aromatic nitrogens is 1. The highest BCUT2D eigenvalue weighted by atomic mass is 16.4. The van der Waals surface area contributed by atoms with E-state index in [2.05, 4.69) is 58.3 Å². The van der Waals surface area contributed by atoms with Crippen molar-refractivity contribution in [3.63, 3.8) is 0 Å². The topological polar surface area (TPSA) is 53.4 Å². The molecule has 4 heteroatoms. The third-order valence-electron chi connectivity index (χ3n) is 5.92. The molecule has 0 saturated heterocycles. The molecule has 3 nitrogen and oxygen atoms in total. The third kappa shape index (κ3) is 3.24. The smallest absolute Gasteiger partial charge is 0.423 e. The van der Waals surface area contributed by atoms with Crippen LogP contribution in [0.3, 0.4) is 0 Å². The average Bonchev–Trinajstić information content (AvgIpc) is 2.58. The zero-order valence-corrected chi connectivity index (χ0v) is 16.4. The van der Waals surface area contributed by atoms with E-state index < -0.39 is 7.12 Å². The number of hydrogen-bond donors (Lipinski definition) is 2. The zero-order valence-electron chi connectivity index (χ0n) is 16.4. The quantitative estimate of drug-likeness (QED) is 0.835. The summed E-state index contributed by atoms with van der Waals surface area (Å²) >= 11 is 0. The van der Waals surface area contributed by atoms with E-state index in [4.69, 9.17) is 0 Å². The minimum Gasteiger partial charge on any atom is -0.423 e. The molecule has 0 unspecified atom stereocenters. The molecular formula is C22H28BNO2. The predicted octanol–water partition coefficient (Wildman–Crippen LogP) is 3.48. The predicted molar refractivity (Wildman–Crippen MR) is 109 cm³/mol. The summed E-state index contributed by atoms with van der Waals surface area (Å²) in [5, 5.41) is 18.5. The molecule has 0 saturated carbocycles. The second kappa shape index (κ2) is 6.36. The van der Waals surface area contributed by atoms with Gasteiger partial charge in [0.1, 0.15) is 0 Å². The van der Waals surface area contributed by atoms with Gasteiger partial charge in [-0.1, -0.05) is 46.4 Å². The number of pyridine rings is 1. The van der Waals surface area contributed by atoms with Gasteiger partial charge < -0.3 is 10.0 Å². The van der Waals surface area contributed by atoms with Crippen LogP contribution in [0.2, 0.25) is 0 Å². The van der Waals surface area contributed by atoms with Crippen LogP contribution in [0.4, 0.5) is 0 Å². The minimum absolute atomic E-state index is 0.145. The van der Waals surface area contributed by atoms with Crippen molar-refractivity contribution in [1.82, 2.24) is 4.98 Å². The standard InChI is InChI=1S/C22H28BNO2/c1-14-11-18-19(22(5,6)10-9-21(18,3)4)12-17(14)15(2)20-8-7-16(13-24-20)23(25)26/h7-8,11-13,25-26H,2,9-10H2,1,3-6H3. The van der Waals surface area contributed by atoms with Crippen molar-refractivity contribution < 1.29 is 10.0 Å². The molecular weight excluding hydrogens is 321 g/mol. The van der Waals surface area contributed by atoms with E-state index >= 15 is 0 Å². The van der Waals surface area contributed by atoms with Gasteiger partial charge in [-0.2, -0.15) is 0 Å². The molecule has 0 radical (unpaired) electrons. The summed E-state index contributed by atoms with van der Waals surface area (Å²) in [7, 11) is -1.50. The van der Waals surface area contributed by atoms with Gasteiger partial charge in [-0.15, -0.1) is 0 Å². The molecule has 1 aliphatic rings. The fourth-order valence-corrected chi connectivity index (χ4v) is 3.92. The Morgan fingerprint density at radius 2 is 1.62 bits per heavy atom. The van der Waals surface area contributed by atoms with Crippen LogP contribution >= 0.6 is 0 Å². The van der Waals surface area contributed by atoms with Gasteiger partial charge in [0.05, 0.1) is 5.69 Å². The lowest BCUT2D eigenvalue weighted by Gasteiger charge is -2.42. The van der Waals surface area contributed by atoms with Gasteiger partial charge >= 0.3 is 7.12 Å². The Morgan fingerprint density at radius 1 is 1.04 bits per heavy atom. The largest absolute Gasteiger partial charge is 0.490 e. The Hall–Kier alpha value is -1.91. The first-order valence-corrected chi connectivity index (χ1v) is 9.20. The third-order valence-corrected chi connectivity index (χ3v) is 5.92. The van der Waals surface area contributed by atoms with Crippen molar-refractivity contribution in [1.29, 1.82) is 0 Å². The van der Waals surface area contributed by atoms with Gasteiger partial charge in [0.2, 0.25) is 0 Å². The van der Waals surface area contributed by atoms with Gasteiger partial charge in [-0.25, -0.2) is 0 Å². The Bertz CT molecular complexity index is 851. The molecule has 2 aromatic rings. The Labute approximate surface area is 157 Å². The summed E-state index contributed by atoms with van der Waals surface area (Å²) in [6.45, 7) is 15.7. The van der Waals surface area contributed by atoms with E-state index in [0.29, 0.717) is 5.46 Å². The van der Waals surface area contributed by atoms with Crippen molar-refractivity contribution in [2.45, 2.75) is 58.3 Å². The number of fused-ring (bicyclic) bond motifs is 1. The fraction of sp³-hybridized carbons (Fsp3) is 0.409. The maximum absolute atomic E-state index is 9.25. The van der Waals surface area contributed by atoms with Crippen LogP contribution in [0, 0.1) is 6.92 Å². The molecule has 0 fully saturated rings. The summed E-state index contributed by atoms with van der Waals surface area (Å²) in [5.74, 6) is 0. The molecule has 1 aromatic carbocycles. The molecule has 3 rings (SSSR count).